The molecule has 0 amide bonds. The Balaban J connectivity index is 2.20. The Morgan fingerprint density at radius 2 is 2.07 bits per heavy atom. The number of hydrogen-bond donors (Lipinski definition) is 1. The first-order valence-corrected chi connectivity index (χ1v) is 5.79. The summed E-state index contributed by atoms with van der Waals surface area (Å²) < 4.78 is 10.6. The number of ether oxygens (including phenoxy) is 2. The van der Waals surface area contributed by atoms with Gasteiger partial charge in [-0.2, -0.15) is 0 Å². The number of rotatable bonds is 6. The molecule has 15 heavy (non-hydrogen) atoms. The minimum atomic E-state index is -0.168. The first kappa shape index (κ1) is 12.5. The van der Waals surface area contributed by atoms with Gasteiger partial charge in [0.1, 0.15) is 6.04 Å². The van der Waals surface area contributed by atoms with Crippen LogP contribution in [0.2, 0.25) is 0 Å². The van der Waals surface area contributed by atoms with Gasteiger partial charge in [0.05, 0.1) is 12.7 Å². The summed E-state index contributed by atoms with van der Waals surface area (Å²) in [5, 5.41) is 3.12. The summed E-state index contributed by atoms with van der Waals surface area (Å²) in [4.78, 5) is 11.5. The fourth-order valence-corrected chi connectivity index (χ4v) is 1.60. The van der Waals surface area contributed by atoms with Crippen molar-refractivity contribution in [2.45, 2.75) is 45.3 Å². The molecular weight excluding hydrogens is 194 g/mol. The normalized spacial score (nSPS) is 25.5. The zero-order valence-corrected chi connectivity index (χ0v) is 9.62. The molecule has 1 rings (SSSR count). The minimum Gasteiger partial charge on any atom is -0.465 e. The highest BCUT2D eigenvalue weighted by Gasteiger charge is 2.30. The quantitative estimate of drug-likeness (QED) is 0.674. The van der Waals surface area contributed by atoms with Crippen molar-refractivity contribution in [1.29, 1.82) is 0 Å². The van der Waals surface area contributed by atoms with E-state index in [-0.39, 0.29) is 18.1 Å². The Kier molecular flexibility index (Phi) is 5.65. The summed E-state index contributed by atoms with van der Waals surface area (Å²) in [5.74, 6) is -0.139. The number of nitrogens with one attached hydrogen (secondary N) is 1. The maximum absolute atomic E-state index is 11.5. The van der Waals surface area contributed by atoms with Crippen molar-refractivity contribution < 1.29 is 14.3 Å². The van der Waals surface area contributed by atoms with Gasteiger partial charge < -0.3 is 14.8 Å². The van der Waals surface area contributed by atoms with Crippen molar-refractivity contribution in [2.24, 2.45) is 0 Å². The Morgan fingerprint density at radius 1 is 1.33 bits per heavy atom. The molecule has 2 atom stereocenters. The van der Waals surface area contributed by atoms with Crippen LogP contribution in [0.4, 0.5) is 0 Å². The van der Waals surface area contributed by atoms with Crippen LogP contribution in [0.1, 0.15) is 33.1 Å². The highest BCUT2D eigenvalue weighted by molar-refractivity contribution is 5.76. The van der Waals surface area contributed by atoms with Crippen LogP contribution in [-0.2, 0) is 14.3 Å². The van der Waals surface area contributed by atoms with Gasteiger partial charge in [0.25, 0.3) is 0 Å². The van der Waals surface area contributed by atoms with Gasteiger partial charge >= 0.3 is 5.97 Å². The molecule has 1 aliphatic heterocycles. The van der Waals surface area contributed by atoms with E-state index in [1.165, 1.54) is 0 Å². The van der Waals surface area contributed by atoms with Crippen LogP contribution >= 0.6 is 0 Å². The average Bonchev–Trinajstić information content (AvgIpc) is 2.71. The van der Waals surface area contributed by atoms with E-state index < -0.39 is 0 Å². The Morgan fingerprint density at radius 3 is 2.73 bits per heavy atom. The van der Waals surface area contributed by atoms with Crippen molar-refractivity contribution in [3.8, 4) is 0 Å². The van der Waals surface area contributed by atoms with Crippen LogP contribution in [0.3, 0.4) is 0 Å². The molecule has 0 unspecified atom stereocenters. The van der Waals surface area contributed by atoms with Crippen molar-refractivity contribution in [3.05, 3.63) is 0 Å². The van der Waals surface area contributed by atoms with Crippen molar-refractivity contribution in [1.82, 2.24) is 5.32 Å². The maximum atomic E-state index is 11.5. The summed E-state index contributed by atoms with van der Waals surface area (Å²) in [5.41, 5.74) is 0. The van der Waals surface area contributed by atoms with Crippen LogP contribution in [0.5, 0.6) is 0 Å². The predicted octanol–water partition coefficient (Wildman–Crippen LogP) is 1.10. The van der Waals surface area contributed by atoms with Crippen LogP contribution < -0.4 is 5.32 Å². The Bertz CT molecular complexity index is 196. The second kappa shape index (κ2) is 6.80. The lowest BCUT2D eigenvalue weighted by Crippen LogP contribution is -2.32. The van der Waals surface area contributed by atoms with E-state index in [0.29, 0.717) is 6.61 Å². The van der Waals surface area contributed by atoms with E-state index in [0.717, 1.165) is 32.4 Å². The summed E-state index contributed by atoms with van der Waals surface area (Å²) in [6.45, 7) is 6.10. The number of carbonyl (C=O) groups excluding carboxylic acids is 1. The molecule has 1 heterocycles. The summed E-state index contributed by atoms with van der Waals surface area (Å²) in [6, 6.07) is -0.168. The molecule has 1 aliphatic rings. The standard InChI is InChI=1S/C11H21NO3/c1-3-5-14-9-7-10(12-8-9)11(13)15-6-4-2/h9-10,12H,3-8H2,1-2H3/t9-,10+/m1/s1. The largest absolute Gasteiger partial charge is 0.465 e. The average molecular weight is 215 g/mol. The van der Waals surface area contributed by atoms with E-state index in [4.69, 9.17) is 9.47 Å². The molecule has 4 heteroatoms. The highest BCUT2D eigenvalue weighted by Crippen LogP contribution is 2.12. The van der Waals surface area contributed by atoms with E-state index in [1.807, 2.05) is 6.92 Å². The van der Waals surface area contributed by atoms with E-state index >= 15 is 0 Å². The summed E-state index contributed by atoms with van der Waals surface area (Å²) in [7, 11) is 0. The summed E-state index contributed by atoms with van der Waals surface area (Å²) in [6.07, 6.45) is 2.79. The van der Waals surface area contributed by atoms with E-state index in [9.17, 15) is 4.79 Å². The topological polar surface area (TPSA) is 47.6 Å². The lowest BCUT2D eigenvalue weighted by molar-refractivity contribution is -0.146. The van der Waals surface area contributed by atoms with Crippen molar-refractivity contribution in [3.63, 3.8) is 0 Å². The third-order valence-corrected chi connectivity index (χ3v) is 2.38. The lowest BCUT2D eigenvalue weighted by atomic mass is 10.2. The fraction of sp³-hybridized carbons (Fsp3) is 0.909. The molecule has 0 saturated carbocycles. The molecule has 1 saturated heterocycles. The van der Waals surface area contributed by atoms with Gasteiger partial charge in [-0.05, 0) is 12.8 Å². The van der Waals surface area contributed by atoms with Gasteiger partial charge in [-0.25, -0.2) is 0 Å². The molecule has 0 aromatic rings. The molecule has 0 bridgehead atoms. The molecule has 0 aromatic carbocycles. The molecule has 0 aromatic heterocycles. The molecule has 0 spiro atoms. The van der Waals surface area contributed by atoms with Gasteiger partial charge in [-0.3, -0.25) is 4.79 Å². The predicted molar refractivity (Wildman–Crippen MR) is 57.7 cm³/mol. The molecular formula is C11H21NO3. The molecule has 1 fully saturated rings. The third kappa shape index (κ3) is 4.18. The Labute approximate surface area is 91.3 Å². The molecule has 1 N–H and O–H groups in total. The lowest BCUT2D eigenvalue weighted by Gasteiger charge is -2.10. The fourth-order valence-electron chi connectivity index (χ4n) is 1.60. The summed E-state index contributed by atoms with van der Waals surface area (Å²) >= 11 is 0. The monoisotopic (exact) mass is 215 g/mol. The van der Waals surface area contributed by atoms with E-state index in [1.54, 1.807) is 0 Å². The second-order valence-corrected chi connectivity index (χ2v) is 3.86. The van der Waals surface area contributed by atoms with Crippen LogP contribution in [0.25, 0.3) is 0 Å². The molecule has 4 nitrogen and oxygen atoms in total. The number of esters is 1. The van der Waals surface area contributed by atoms with Crippen LogP contribution in [0, 0.1) is 0 Å². The third-order valence-electron chi connectivity index (χ3n) is 2.38. The second-order valence-electron chi connectivity index (χ2n) is 3.86. The van der Waals surface area contributed by atoms with Gasteiger partial charge in [-0.1, -0.05) is 13.8 Å². The van der Waals surface area contributed by atoms with Crippen LogP contribution in [-0.4, -0.2) is 37.9 Å². The smallest absolute Gasteiger partial charge is 0.323 e. The minimum absolute atomic E-state index is 0.139. The van der Waals surface area contributed by atoms with E-state index in [2.05, 4.69) is 12.2 Å². The molecule has 0 aliphatic carbocycles. The first-order valence-electron chi connectivity index (χ1n) is 5.79. The van der Waals surface area contributed by atoms with Gasteiger partial charge in [-0.15, -0.1) is 0 Å². The van der Waals surface area contributed by atoms with Crippen molar-refractivity contribution in [2.75, 3.05) is 19.8 Å². The number of carbonyl (C=O) groups is 1. The molecule has 88 valence electrons. The Hall–Kier alpha value is -0.610. The maximum Gasteiger partial charge on any atom is 0.323 e. The van der Waals surface area contributed by atoms with Gasteiger partial charge in [0, 0.05) is 19.6 Å². The number of hydrogen-bond acceptors (Lipinski definition) is 4. The molecule has 0 radical (unpaired) electrons. The zero-order chi connectivity index (χ0) is 11.1. The highest BCUT2D eigenvalue weighted by atomic mass is 16.5. The SMILES string of the molecule is CCCOC(=O)[C@@H]1C[C@@H](OCCC)CN1. The first-order chi connectivity index (χ1) is 7.27. The van der Waals surface area contributed by atoms with Gasteiger partial charge in [0.15, 0.2) is 0 Å². The van der Waals surface area contributed by atoms with Crippen molar-refractivity contribution >= 4 is 5.97 Å². The van der Waals surface area contributed by atoms with Gasteiger partial charge in [0.2, 0.25) is 0 Å². The zero-order valence-electron chi connectivity index (χ0n) is 9.62. The van der Waals surface area contributed by atoms with Crippen LogP contribution in [0.15, 0.2) is 0 Å².